The fourth-order valence-corrected chi connectivity index (χ4v) is 7.35. The van der Waals surface area contributed by atoms with Gasteiger partial charge in [-0.1, -0.05) is 76.3 Å². The van der Waals surface area contributed by atoms with E-state index >= 15 is 0 Å². The van der Waals surface area contributed by atoms with Crippen molar-refractivity contribution >= 4 is 53.1 Å². The number of halogens is 3. The molecule has 1 aromatic heterocycles. The first-order valence-electron chi connectivity index (χ1n) is 21.6. The van der Waals surface area contributed by atoms with Crippen molar-refractivity contribution in [1.82, 2.24) is 52.1 Å². The van der Waals surface area contributed by atoms with Gasteiger partial charge in [-0.3, -0.25) is 43.3 Å². The van der Waals surface area contributed by atoms with Crippen molar-refractivity contribution in [2.75, 3.05) is 33.7 Å². The number of alkyl halides is 3. The summed E-state index contributed by atoms with van der Waals surface area (Å²) in [6.07, 6.45) is 4.82. The molecule has 0 unspecified atom stereocenters. The molecule has 20 nitrogen and oxygen atoms in total. The van der Waals surface area contributed by atoms with Gasteiger partial charge in [-0.2, -0.15) is 13.2 Å². The third-order valence-electron chi connectivity index (χ3n) is 10.8. The number of hydrogen-bond donors (Lipinski definition) is 8. The lowest BCUT2D eigenvalue weighted by atomic mass is 9.83. The quantitative estimate of drug-likeness (QED) is 0.0850. The van der Waals surface area contributed by atoms with Crippen LogP contribution in [0.4, 0.5) is 13.2 Å². The molecule has 66 heavy (non-hydrogen) atoms. The molecule has 2 aromatic rings. The molecule has 2 heterocycles. The lowest BCUT2D eigenvalue weighted by Gasteiger charge is -2.31. The number of benzene rings is 1. The van der Waals surface area contributed by atoms with Crippen molar-refractivity contribution < 1.29 is 61.4 Å². The van der Waals surface area contributed by atoms with Crippen molar-refractivity contribution in [2.45, 2.75) is 108 Å². The molecule has 362 valence electrons. The van der Waals surface area contributed by atoms with Crippen LogP contribution in [0.1, 0.15) is 93.7 Å². The van der Waals surface area contributed by atoms with E-state index in [4.69, 9.17) is 9.90 Å². The molecule has 0 spiro atoms. The molecular weight excluding hydrogens is 874 g/mol. The first-order chi connectivity index (χ1) is 31.3. The summed E-state index contributed by atoms with van der Waals surface area (Å²) < 4.78 is 31.7. The van der Waals surface area contributed by atoms with E-state index in [1.165, 1.54) is 23.5 Å². The average molecular weight is 933 g/mol. The smallest absolute Gasteiger partial charge is 0.475 e. The molecule has 0 radical (unpaired) electrons. The molecule has 2 fully saturated rings. The lowest BCUT2D eigenvalue weighted by Crippen LogP contribution is -2.58. The second-order valence-corrected chi connectivity index (χ2v) is 16.0. The minimum absolute atomic E-state index is 0.0695. The monoisotopic (exact) mass is 932 g/mol. The first kappa shape index (κ1) is 53.8. The van der Waals surface area contributed by atoms with Crippen LogP contribution in [0.25, 0.3) is 0 Å². The Kier molecular flexibility index (Phi) is 21.6. The van der Waals surface area contributed by atoms with E-state index in [0.717, 1.165) is 32.1 Å². The van der Waals surface area contributed by atoms with E-state index in [1.807, 2.05) is 6.92 Å². The summed E-state index contributed by atoms with van der Waals surface area (Å²) in [5.41, 5.74) is 0.609. The molecule has 6 atom stereocenters. The summed E-state index contributed by atoms with van der Waals surface area (Å²) in [6, 6.07) is 3.80. The highest BCUT2D eigenvalue weighted by Crippen LogP contribution is 2.27. The molecule has 1 aliphatic heterocycles. The Hall–Kier alpha value is -6.52. The second-order valence-electron chi connectivity index (χ2n) is 16.0. The SMILES string of the molecule is CCC[C@H](NC(=O)[C@@H](NC(=O)c1cnccn1)C1CCCCC1)C(=O)N[C@H]1CNC[C@H]1C(=O)N[C@@H](CCC)C(=O)C(=O)NCC(=O)N[C@H](C(=O)N(C)C)c1ccccc1.O=C(O)C(F)(F)F. The number of ketones is 1. The Morgan fingerprint density at radius 2 is 1.47 bits per heavy atom. The van der Waals surface area contributed by atoms with Gasteiger partial charge in [0.15, 0.2) is 0 Å². The van der Waals surface area contributed by atoms with Crippen LogP contribution in [-0.4, -0.2) is 137 Å². The minimum atomic E-state index is -5.08. The fraction of sp³-hybridized carbons (Fsp3) is 0.558. The van der Waals surface area contributed by atoms with Crippen LogP contribution < -0.4 is 37.2 Å². The Morgan fingerprint density at radius 1 is 0.833 bits per heavy atom. The summed E-state index contributed by atoms with van der Waals surface area (Å²) in [6.45, 7) is 3.47. The van der Waals surface area contributed by atoms with Crippen LogP contribution in [0.5, 0.6) is 0 Å². The van der Waals surface area contributed by atoms with Gasteiger partial charge in [0.25, 0.3) is 11.8 Å². The number of likely N-dealkylation sites (N-methyl/N-ethyl adjacent to an activating group) is 1. The van der Waals surface area contributed by atoms with Gasteiger partial charge in [0.05, 0.1) is 30.7 Å². The summed E-state index contributed by atoms with van der Waals surface area (Å²) in [7, 11) is 3.10. The zero-order valence-electron chi connectivity index (χ0n) is 37.2. The van der Waals surface area contributed by atoms with Crippen LogP contribution >= 0.6 is 0 Å². The van der Waals surface area contributed by atoms with Crippen LogP contribution in [0.2, 0.25) is 0 Å². The zero-order chi connectivity index (χ0) is 49.0. The van der Waals surface area contributed by atoms with E-state index < -0.39 is 96.0 Å². The van der Waals surface area contributed by atoms with Crippen molar-refractivity contribution in [3.63, 3.8) is 0 Å². The number of carbonyl (C=O) groups is 9. The number of Topliss-reactive ketones (excluding diaryl/α,β-unsaturated/α-hetero) is 1. The van der Waals surface area contributed by atoms with Gasteiger partial charge in [0, 0.05) is 39.6 Å². The van der Waals surface area contributed by atoms with Crippen molar-refractivity contribution in [3.05, 3.63) is 60.2 Å². The normalized spacial score (nSPS) is 17.7. The Morgan fingerprint density at radius 3 is 2.05 bits per heavy atom. The number of carboxylic acids is 1. The highest BCUT2D eigenvalue weighted by Gasteiger charge is 2.40. The molecule has 23 heteroatoms. The van der Waals surface area contributed by atoms with Crippen LogP contribution in [0, 0.1) is 11.8 Å². The van der Waals surface area contributed by atoms with Crippen LogP contribution in [0.3, 0.4) is 0 Å². The lowest BCUT2D eigenvalue weighted by molar-refractivity contribution is -0.192. The van der Waals surface area contributed by atoms with Gasteiger partial charge in [0.1, 0.15) is 23.8 Å². The largest absolute Gasteiger partial charge is 0.490 e. The summed E-state index contributed by atoms with van der Waals surface area (Å²) >= 11 is 0. The van der Waals surface area contributed by atoms with Gasteiger partial charge < -0.3 is 47.2 Å². The van der Waals surface area contributed by atoms with Crippen LogP contribution in [-0.2, 0) is 38.4 Å². The molecule has 7 amide bonds. The van der Waals surface area contributed by atoms with Gasteiger partial charge in [0.2, 0.25) is 35.3 Å². The number of carbonyl (C=O) groups excluding carboxylic acids is 8. The highest BCUT2D eigenvalue weighted by molar-refractivity contribution is 6.38. The Balaban J connectivity index is 0.00000152. The molecule has 1 aliphatic carbocycles. The number of aliphatic carboxylic acids is 1. The maximum Gasteiger partial charge on any atom is 0.490 e. The third kappa shape index (κ3) is 16.8. The number of nitrogens with zero attached hydrogens (tertiary/aromatic N) is 3. The maximum absolute atomic E-state index is 13.8. The highest BCUT2D eigenvalue weighted by atomic mass is 19.4. The summed E-state index contributed by atoms with van der Waals surface area (Å²) in [5.74, 6) is -8.93. The van der Waals surface area contributed by atoms with Crippen molar-refractivity contribution in [3.8, 4) is 0 Å². The van der Waals surface area contributed by atoms with E-state index in [9.17, 15) is 51.5 Å². The standard InChI is InChI=1S/C41H58N10O8.C2HF3O2/c1-5-13-28(35(53)40(58)45-24-32(52)49-34(41(59)51(3)4)26-17-11-8-12-18-26)46-36(54)27-21-43-22-30(27)48-37(55)29(14-6-2)47-39(57)33(25-15-9-7-10-16-25)50-38(56)31-23-42-19-20-44-31;3-2(4,5)1(6)7/h8,11-12,17-20,23,25,27-30,33-34,43H,5-7,9-10,13-16,21-22,24H2,1-4H3,(H,45,58)(H,46,54)(H,47,57)(H,48,55)(H,49,52)(H,50,56);(H,6,7)/t27-,28+,29+,30+,33+,34+;/m1./s1. The Bertz CT molecular complexity index is 1990. The third-order valence-corrected chi connectivity index (χ3v) is 10.8. The Labute approximate surface area is 379 Å². The topological polar surface area (TPSA) is 287 Å². The summed E-state index contributed by atoms with van der Waals surface area (Å²) in [4.78, 5) is 124. The number of hydrogen-bond acceptors (Lipinski definition) is 12. The number of aromatic nitrogens is 2. The molecule has 0 bridgehead atoms. The van der Waals surface area contributed by atoms with Gasteiger partial charge in [-0.25, -0.2) is 9.78 Å². The predicted octanol–water partition coefficient (Wildman–Crippen LogP) is 0.694. The second kappa shape index (κ2) is 26.4. The van der Waals surface area contributed by atoms with E-state index in [-0.39, 0.29) is 37.0 Å². The molecule has 2 aliphatic rings. The minimum Gasteiger partial charge on any atom is -0.475 e. The van der Waals surface area contributed by atoms with Crippen molar-refractivity contribution in [1.29, 1.82) is 0 Å². The van der Waals surface area contributed by atoms with Gasteiger partial charge in [-0.15, -0.1) is 0 Å². The molecule has 1 saturated carbocycles. The average Bonchev–Trinajstić information content (AvgIpc) is 3.77. The van der Waals surface area contributed by atoms with E-state index in [2.05, 4.69) is 47.2 Å². The number of amides is 7. The van der Waals surface area contributed by atoms with E-state index in [1.54, 1.807) is 51.4 Å². The molecule has 8 N–H and O–H groups in total. The number of rotatable bonds is 20. The number of carboxylic acid groups (broad SMARTS) is 1. The summed E-state index contributed by atoms with van der Waals surface area (Å²) in [5, 5.41) is 26.4. The molecule has 1 saturated heterocycles. The zero-order valence-corrected chi connectivity index (χ0v) is 37.2. The first-order valence-corrected chi connectivity index (χ1v) is 21.6. The van der Waals surface area contributed by atoms with E-state index in [0.29, 0.717) is 24.8 Å². The molecule has 1 aromatic carbocycles. The van der Waals surface area contributed by atoms with Gasteiger partial charge in [-0.05, 0) is 37.2 Å². The molecule has 4 rings (SSSR count). The number of nitrogens with one attached hydrogen (secondary N) is 7. The predicted molar refractivity (Wildman–Crippen MR) is 230 cm³/mol. The molecular formula is C43H59F3N10O10. The van der Waals surface area contributed by atoms with Gasteiger partial charge >= 0.3 is 12.1 Å². The maximum atomic E-state index is 13.8. The van der Waals surface area contributed by atoms with Crippen molar-refractivity contribution in [2.24, 2.45) is 11.8 Å². The van der Waals surface area contributed by atoms with Crippen LogP contribution in [0.15, 0.2) is 48.9 Å². The fourth-order valence-electron chi connectivity index (χ4n) is 7.35.